The van der Waals surface area contributed by atoms with Gasteiger partial charge in [0.1, 0.15) is 23.9 Å². The topological polar surface area (TPSA) is 151 Å². The normalized spacial score (nSPS) is 14.5. The molecule has 0 heterocycles. The standard InChI is InChI=1S/C60H123O8P/c1-4-7-10-13-16-19-22-25-28-31-34-37-40-43-46-49-52-59(64,53-50-47-44-41-38-35-32-29-26-23-20-17-14-11-8-5-2)60(65,58(68-69(66)67)57(63)56(62)55-61)54-51-48-45-42-39-36-33-30-27-24-21-18-15-12-9-6-3/h56-58,61-67H,4-55H2,1-3H3/t56-,57-,58+,60-/m1/s1. The van der Waals surface area contributed by atoms with Gasteiger partial charge in [-0.3, -0.25) is 0 Å². The van der Waals surface area contributed by atoms with Crippen molar-refractivity contribution in [1.82, 2.24) is 0 Å². The lowest BCUT2D eigenvalue weighted by Crippen LogP contribution is -2.66. The molecule has 0 aliphatic heterocycles. The van der Waals surface area contributed by atoms with E-state index >= 15 is 0 Å². The summed E-state index contributed by atoms with van der Waals surface area (Å²) >= 11 is 0. The Labute approximate surface area is 431 Å². The van der Waals surface area contributed by atoms with E-state index in [1.165, 1.54) is 231 Å². The fourth-order valence-electron chi connectivity index (χ4n) is 10.9. The van der Waals surface area contributed by atoms with Gasteiger partial charge in [0.15, 0.2) is 0 Å². The van der Waals surface area contributed by atoms with Crippen LogP contribution in [-0.2, 0) is 4.52 Å². The Morgan fingerprint density at radius 3 is 0.739 bits per heavy atom. The molecule has 69 heavy (non-hydrogen) atoms. The highest BCUT2D eigenvalue weighted by atomic mass is 31.2. The summed E-state index contributed by atoms with van der Waals surface area (Å²) in [6.07, 6.45) is 54.4. The molecule has 0 aromatic heterocycles. The van der Waals surface area contributed by atoms with Crippen molar-refractivity contribution in [2.45, 2.75) is 378 Å². The van der Waals surface area contributed by atoms with Gasteiger partial charge in [-0.05, 0) is 19.3 Å². The molecule has 0 aliphatic rings. The van der Waals surface area contributed by atoms with E-state index in [2.05, 4.69) is 20.8 Å². The Balaban J connectivity index is 5.39. The van der Waals surface area contributed by atoms with E-state index in [9.17, 15) is 35.3 Å². The molecule has 0 spiro atoms. The summed E-state index contributed by atoms with van der Waals surface area (Å²) in [4.78, 5) is 20.3. The molecule has 0 radical (unpaired) electrons. The second-order valence-corrected chi connectivity index (χ2v) is 22.9. The summed E-state index contributed by atoms with van der Waals surface area (Å²) in [6, 6.07) is 0. The molecule has 0 saturated heterocycles. The van der Waals surface area contributed by atoms with E-state index in [0.29, 0.717) is 19.3 Å². The van der Waals surface area contributed by atoms with Gasteiger partial charge in [-0.15, -0.1) is 0 Å². The Morgan fingerprint density at radius 1 is 0.333 bits per heavy atom. The van der Waals surface area contributed by atoms with Crippen LogP contribution in [0.2, 0.25) is 0 Å². The zero-order chi connectivity index (χ0) is 50.8. The minimum absolute atomic E-state index is 0.0860. The number of hydrogen-bond acceptors (Lipinski definition) is 8. The minimum atomic E-state index is -3.05. The second-order valence-electron chi connectivity index (χ2n) is 22.1. The average Bonchev–Trinajstić information content (AvgIpc) is 3.34. The molecule has 4 atom stereocenters. The highest BCUT2D eigenvalue weighted by Gasteiger charge is 2.57. The van der Waals surface area contributed by atoms with Crippen LogP contribution in [0.1, 0.15) is 348 Å². The molecule has 0 rings (SSSR count). The number of rotatable bonds is 58. The lowest BCUT2D eigenvalue weighted by molar-refractivity contribution is -0.237. The van der Waals surface area contributed by atoms with Crippen LogP contribution in [0.3, 0.4) is 0 Å². The molecular weight excluding hydrogens is 880 g/mol. The van der Waals surface area contributed by atoms with Crippen LogP contribution in [0.25, 0.3) is 0 Å². The maximum absolute atomic E-state index is 12.9. The summed E-state index contributed by atoms with van der Waals surface area (Å²) in [7, 11) is -3.05. The Hall–Kier alpha value is 0.110. The smallest absolute Gasteiger partial charge is 0.327 e. The van der Waals surface area contributed by atoms with E-state index in [4.69, 9.17) is 4.52 Å². The summed E-state index contributed by atoms with van der Waals surface area (Å²) in [5, 5.41) is 57.6. The highest BCUT2D eigenvalue weighted by molar-refractivity contribution is 7.39. The predicted molar refractivity (Wildman–Crippen MR) is 298 cm³/mol. The van der Waals surface area contributed by atoms with Gasteiger partial charge in [-0.1, -0.05) is 329 Å². The number of aliphatic hydroxyl groups is 5. The monoisotopic (exact) mass is 1000 g/mol. The quantitative estimate of drug-likeness (QED) is 0.0235. The lowest BCUT2D eigenvalue weighted by atomic mass is 9.68. The number of aliphatic hydroxyl groups excluding tert-OH is 3. The van der Waals surface area contributed by atoms with Crippen molar-refractivity contribution in [1.29, 1.82) is 0 Å². The van der Waals surface area contributed by atoms with Crippen LogP contribution in [0, 0.1) is 0 Å². The van der Waals surface area contributed by atoms with Gasteiger partial charge in [0.25, 0.3) is 0 Å². The molecule has 0 fully saturated rings. The molecule has 9 heteroatoms. The van der Waals surface area contributed by atoms with Crippen LogP contribution in [0.4, 0.5) is 0 Å². The van der Waals surface area contributed by atoms with E-state index in [-0.39, 0.29) is 19.3 Å². The van der Waals surface area contributed by atoms with Crippen LogP contribution in [0.5, 0.6) is 0 Å². The van der Waals surface area contributed by atoms with Gasteiger partial charge in [0, 0.05) is 0 Å². The van der Waals surface area contributed by atoms with Crippen LogP contribution < -0.4 is 0 Å². The third-order valence-corrected chi connectivity index (χ3v) is 16.1. The largest absolute Gasteiger partial charge is 0.394 e. The van der Waals surface area contributed by atoms with Crippen molar-refractivity contribution in [3.05, 3.63) is 0 Å². The van der Waals surface area contributed by atoms with Crippen molar-refractivity contribution < 1.29 is 39.8 Å². The van der Waals surface area contributed by atoms with Gasteiger partial charge in [-0.25, -0.2) is 0 Å². The SMILES string of the molecule is CCCCCCCCCCCCCCCCCCC(O)(CCCCCCCCCCCCCCCCCC)[C@@](O)(CCCCCCCCCCCCCCCCCC)[C@@H](OP(O)O)[C@H](O)[C@H](O)CO. The summed E-state index contributed by atoms with van der Waals surface area (Å²) in [5.41, 5.74) is -3.77. The van der Waals surface area contributed by atoms with Crippen molar-refractivity contribution in [3.63, 3.8) is 0 Å². The zero-order valence-corrected chi connectivity index (χ0v) is 47.4. The van der Waals surface area contributed by atoms with E-state index in [1.807, 2.05) is 0 Å². The molecule has 0 saturated carbocycles. The van der Waals surface area contributed by atoms with E-state index < -0.39 is 44.7 Å². The molecule has 0 bridgehead atoms. The van der Waals surface area contributed by atoms with Gasteiger partial charge in [0.2, 0.25) is 0 Å². The van der Waals surface area contributed by atoms with Crippen LogP contribution in [-0.4, -0.2) is 71.4 Å². The second kappa shape index (κ2) is 51.6. The fraction of sp³-hybridized carbons (Fsp3) is 1.00. The molecule has 0 aliphatic carbocycles. The van der Waals surface area contributed by atoms with Gasteiger partial charge in [-0.2, -0.15) is 0 Å². The predicted octanol–water partition coefficient (Wildman–Crippen LogP) is 17.7. The van der Waals surface area contributed by atoms with Crippen LogP contribution in [0.15, 0.2) is 0 Å². The first-order chi connectivity index (χ1) is 33.6. The first-order valence-corrected chi connectivity index (χ1v) is 32.1. The third-order valence-electron chi connectivity index (χ3n) is 15.7. The fourth-order valence-corrected chi connectivity index (χ4v) is 11.4. The van der Waals surface area contributed by atoms with Crippen molar-refractivity contribution in [2.75, 3.05) is 6.61 Å². The van der Waals surface area contributed by atoms with Gasteiger partial charge in [0.05, 0.1) is 12.2 Å². The maximum Gasteiger partial charge on any atom is 0.327 e. The minimum Gasteiger partial charge on any atom is -0.394 e. The summed E-state index contributed by atoms with van der Waals surface area (Å²) in [5.74, 6) is 0. The molecule has 7 N–H and O–H groups in total. The first-order valence-electron chi connectivity index (χ1n) is 30.9. The summed E-state index contributed by atoms with van der Waals surface area (Å²) in [6.45, 7) is 6.02. The maximum atomic E-state index is 12.9. The van der Waals surface area contributed by atoms with Crippen molar-refractivity contribution in [3.8, 4) is 0 Å². The molecule has 0 aromatic rings. The van der Waals surface area contributed by atoms with Gasteiger partial charge >= 0.3 is 8.60 Å². The lowest BCUT2D eigenvalue weighted by Gasteiger charge is -2.50. The molecule has 416 valence electrons. The van der Waals surface area contributed by atoms with Crippen LogP contribution >= 0.6 is 8.60 Å². The Morgan fingerprint density at radius 2 is 0.536 bits per heavy atom. The Bertz CT molecular complexity index is 968. The number of unbranched alkanes of at least 4 members (excludes halogenated alkanes) is 45. The zero-order valence-electron chi connectivity index (χ0n) is 46.5. The Kier molecular flexibility index (Phi) is 51.7. The van der Waals surface area contributed by atoms with E-state index in [0.717, 1.165) is 57.8 Å². The molecule has 8 nitrogen and oxygen atoms in total. The first kappa shape index (κ1) is 69.1. The third kappa shape index (κ3) is 40.1. The number of hydrogen-bond donors (Lipinski definition) is 7. The van der Waals surface area contributed by atoms with Crippen molar-refractivity contribution in [2.24, 2.45) is 0 Å². The molecule has 0 amide bonds. The van der Waals surface area contributed by atoms with Crippen molar-refractivity contribution >= 4 is 8.60 Å². The highest BCUT2D eigenvalue weighted by Crippen LogP contribution is 2.45. The van der Waals surface area contributed by atoms with E-state index in [1.54, 1.807) is 0 Å². The van der Waals surface area contributed by atoms with Gasteiger partial charge < -0.3 is 39.8 Å². The molecule has 0 unspecified atom stereocenters. The molecule has 0 aromatic carbocycles. The average molecular weight is 1000 g/mol. The summed E-state index contributed by atoms with van der Waals surface area (Å²) < 4.78 is 5.54. The molecular formula is C60H123O8P.